The van der Waals surface area contributed by atoms with E-state index in [1.807, 2.05) is 0 Å². The zero-order valence-electron chi connectivity index (χ0n) is 11.9. The highest BCUT2D eigenvalue weighted by Crippen LogP contribution is 2.53. The molecule has 0 radical (unpaired) electrons. The third-order valence-corrected chi connectivity index (χ3v) is 3.00. The van der Waals surface area contributed by atoms with Crippen molar-refractivity contribution in [1.29, 1.82) is 0 Å². The van der Waals surface area contributed by atoms with Crippen molar-refractivity contribution >= 4 is 11.8 Å². The summed E-state index contributed by atoms with van der Waals surface area (Å²) in [4.78, 5) is 22.5. The Labute approximate surface area is 133 Å². The molecule has 0 heterocycles. The van der Waals surface area contributed by atoms with E-state index < -0.39 is 41.3 Å². The molecule has 0 saturated heterocycles. The van der Waals surface area contributed by atoms with E-state index >= 15 is 0 Å². The monoisotopic (exact) mass is 382 g/mol. The lowest BCUT2D eigenvalue weighted by Crippen LogP contribution is -2.63. The van der Waals surface area contributed by atoms with Crippen LogP contribution in [0.4, 0.5) is 39.5 Å². The molecule has 0 spiro atoms. The Balaban J connectivity index is 3.28. The molecule has 0 N–H and O–H groups in total. The zero-order valence-corrected chi connectivity index (χ0v) is 11.9. The number of rotatable bonds is 5. The normalized spacial score (nSPS) is 13.5. The first-order valence-electron chi connectivity index (χ1n) is 6.04. The lowest BCUT2D eigenvalue weighted by Gasteiger charge is -2.32. The molecule has 1 rings (SSSR count). The minimum Gasteiger partial charge on any atom is -0.465 e. The molecule has 0 amide bonds. The fraction of sp³-hybridized carbons (Fsp3) is 0.385. The summed E-state index contributed by atoms with van der Waals surface area (Å²) in [6, 6.07) is 2.08. The van der Waals surface area contributed by atoms with E-state index in [4.69, 9.17) is 0 Å². The van der Waals surface area contributed by atoms with Crippen LogP contribution in [-0.2, 0) is 4.74 Å². The molecule has 0 saturated carbocycles. The van der Waals surface area contributed by atoms with Gasteiger partial charge in [0, 0.05) is 5.56 Å². The average molecular weight is 382 g/mol. The van der Waals surface area contributed by atoms with Gasteiger partial charge in [0.1, 0.15) is 0 Å². The van der Waals surface area contributed by atoms with Gasteiger partial charge in [0.2, 0.25) is 5.78 Å². The summed E-state index contributed by atoms with van der Waals surface area (Å²) < 4.78 is 119. The Kier molecular flexibility index (Phi) is 5.17. The molecule has 0 bridgehead atoms. The minimum absolute atomic E-state index is 0.310. The highest BCUT2D eigenvalue weighted by molar-refractivity contribution is 6.03. The van der Waals surface area contributed by atoms with Crippen LogP contribution in [0.3, 0.4) is 0 Å². The maximum Gasteiger partial charge on any atom is 0.460 e. The lowest BCUT2D eigenvalue weighted by atomic mass is 9.95. The zero-order chi connectivity index (χ0) is 19.8. The van der Waals surface area contributed by atoms with Crippen LogP contribution < -0.4 is 0 Å². The van der Waals surface area contributed by atoms with Gasteiger partial charge in [-0.15, -0.1) is 0 Å². The van der Waals surface area contributed by atoms with E-state index in [2.05, 4.69) is 4.74 Å². The number of carbonyl (C=O) groups excluding carboxylic acids is 2. The Morgan fingerprint density at radius 1 is 0.760 bits per heavy atom. The van der Waals surface area contributed by atoms with E-state index in [1.54, 1.807) is 0 Å². The van der Waals surface area contributed by atoms with Crippen LogP contribution >= 0.6 is 0 Å². The molecular weight excluding hydrogens is 375 g/mol. The van der Waals surface area contributed by atoms with E-state index in [-0.39, 0.29) is 5.56 Å². The number of ether oxygens (including phenoxy) is 1. The standard InChI is InChI=1S/C13H7F9O3/c1-25-9(24)7-4-2-6(3-5-7)8(23)10(14,15)11(16,17)12(18,19)13(20,21)22/h2-5H,1H3. The van der Waals surface area contributed by atoms with E-state index in [1.165, 1.54) is 0 Å². The van der Waals surface area contributed by atoms with Crippen LogP contribution in [0.5, 0.6) is 0 Å². The first-order valence-corrected chi connectivity index (χ1v) is 6.04. The second-order valence-electron chi connectivity index (χ2n) is 4.62. The summed E-state index contributed by atoms with van der Waals surface area (Å²) in [5.74, 6) is -24.6. The van der Waals surface area contributed by atoms with E-state index in [0.717, 1.165) is 7.11 Å². The highest BCUT2D eigenvalue weighted by Gasteiger charge is 2.83. The van der Waals surface area contributed by atoms with Crippen molar-refractivity contribution in [3.05, 3.63) is 35.4 Å². The van der Waals surface area contributed by atoms with Crippen molar-refractivity contribution in [2.75, 3.05) is 7.11 Å². The number of esters is 1. The largest absolute Gasteiger partial charge is 0.465 e. The average Bonchev–Trinajstić information content (AvgIpc) is 2.52. The molecular formula is C13H7F9O3. The third kappa shape index (κ3) is 3.29. The molecule has 0 aliphatic rings. The molecule has 0 aliphatic carbocycles. The number of Topliss-reactive ketones (excluding diaryl/α,β-unsaturated/α-hetero) is 1. The second kappa shape index (κ2) is 6.23. The Morgan fingerprint density at radius 3 is 1.52 bits per heavy atom. The Hall–Kier alpha value is -2.27. The molecule has 1 aromatic rings. The van der Waals surface area contributed by atoms with Gasteiger partial charge in [0.15, 0.2) is 0 Å². The summed E-state index contributed by atoms with van der Waals surface area (Å²) in [6.45, 7) is 0. The maximum atomic E-state index is 13.5. The van der Waals surface area contributed by atoms with Gasteiger partial charge in [-0.05, 0) is 12.1 Å². The topological polar surface area (TPSA) is 43.4 Å². The molecule has 3 nitrogen and oxygen atoms in total. The fourth-order valence-corrected chi connectivity index (χ4v) is 1.57. The molecule has 0 aliphatic heterocycles. The van der Waals surface area contributed by atoms with Crippen molar-refractivity contribution in [1.82, 2.24) is 0 Å². The number of methoxy groups -OCH3 is 1. The molecule has 0 fully saturated rings. The number of carbonyl (C=O) groups is 2. The Morgan fingerprint density at radius 2 is 1.16 bits per heavy atom. The van der Waals surface area contributed by atoms with Gasteiger partial charge >= 0.3 is 29.9 Å². The summed E-state index contributed by atoms with van der Waals surface area (Å²) in [7, 11) is 0.940. The molecule has 25 heavy (non-hydrogen) atoms. The predicted octanol–water partition coefficient (Wildman–Crippen LogP) is 4.12. The van der Waals surface area contributed by atoms with Crippen molar-refractivity contribution in [3.8, 4) is 0 Å². The van der Waals surface area contributed by atoms with E-state index in [0.29, 0.717) is 24.3 Å². The molecule has 140 valence electrons. The first kappa shape index (κ1) is 20.8. The van der Waals surface area contributed by atoms with Crippen molar-refractivity contribution in [3.63, 3.8) is 0 Å². The predicted molar refractivity (Wildman–Crippen MR) is 63.0 cm³/mol. The number of ketones is 1. The van der Waals surface area contributed by atoms with Crippen LogP contribution in [0.2, 0.25) is 0 Å². The van der Waals surface area contributed by atoms with Crippen molar-refractivity contribution < 1.29 is 53.8 Å². The fourth-order valence-electron chi connectivity index (χ4n) is 1.57. The smallest absolute Gasteiger partial charge is 0.460 e. The first-order chi connectivity index (χ1) is 11.1. The SMILES string of the molecule is COC(=O)c1ccc(C(=O)C(F)(F)C(F)(F)C(F)(F)C(F)(F)F)cc1. The molecule has 1 aromatic carbocycles. The van der Waals surface area contributed by atoms with Crippen LogP contribution in [-0.4, -0.2) is 42.8 Å². The quantitative estimate of drug-likeness (QED) is 0.437. The van der Waals surface area contributed by atoms with Gasteiger partial charge < -0.3 is 4.74 Å². The molecule has 0 aromatic heterocycles. The summed E-state index contributed by atoms with van der Waals surface area (Å²) in [5, 5.41) is 0. The van der Waals surface area contributed by atoms with Gasteiger partial charge in [-0.1, -0.05) is 12.1 Å². The number of alkyl halides is 9. The molecule has 0 unspecified atom stereocenters. The molecule has 0 atom stereocenters. The maximum absolute atomic E-state index is 13.5. The molecule has 12 heteroatoms. The number of benzene rings is 1. The Bertz CT molecular complexity index is 662. The van der Waals surface area contributed by atoms with Gasteiger partial charge in [-0.25, -0.2) is 4.79 Å². The van der Waals surface area contributed by atoms with Crippen molar-refractivity contribution in [2.45, 2.75) is 23.9 Å². The number of hydrogen-bond donors (Lipinski definition) is 0. The van der Waals surface area contributed by atoms with Crippen LogP contribution in [0.15, 0.2) is 24.3 Å². The highest BCUT2D eigenvalue weighted by atomic mass is 19.4. The minimum atomic E-state index is -7.16. The van der Waals surface area contributed by atoms with Crippen LogP contribution in [0.1, 0.15) is 20.7 Å². The summed E-state index contributed by atoms with van der Waals surface area (Å²) in [5.41, 5.74) is -1.62. The van der Waals surface area contributed by atoms with Gasteiger partial charge in [0.05, 0.1) is 12.7 Å². The third-order valence-electron chi connectivity index (χ3n) is 3.00. The number of halogens is 9. The van der Waals surface area contributed by atoms with E-state index in [9.17, 15) is 49.1 Å². The second-order valence-corrected chi connectivity index (χ2v) is 4.62. The lowest BCUT2D eigenvalue weighted by molar-refractivity contribution is -0.386. The summed E-state index contributed by atoms with van der Waals surface area (Å²) in [6.07, 6.45) is -7.02. The van der Waals surface area contributed by atoms with Gasteiger partial charge in [0.25, 0.3) is 0 Å². The van der Waals surface area contributed by atoms with Gasteiger partial charge in [-0.3, -0.25) is 4.79 Å². The number of hydrogen-bond acceptors (Lipinski definition) is 3. The van der Waals surface area contributed by atoms with Crippen LogP contribution in [0, 0.1) is 0 Å². The summed E-state index contributed by atoms with van der Waals surface area (Å²) >= 11 is 0. The van der Waals surface area contributed by atoms with Gasteiger partial charge in [-0.2, -0.15) is 39.5 Å². The van der Waals surface area contributed by atoms with Crippen molar-refractivity contribution in [2.24, 2.45) is 0 Å². The van der Waals surface area contributed by atoms with Crippen LogP contribution in [0.25, 0.3) is 0 Å².